The van der Waals surface area contributed by atoms with Gasteiger partial charge in [-0.3, -0.25) is 29.4 Å². The molecule has 1 aromatic heterocycles. The van der Waals surface area contributed by atoms with Crippen LogP contribution in [0.1, 0.15) is 51.7 Å². The van der Waals surface area contributed by atoms with Crippen molar-refractivity contribution >= 4 is 34.4 Å². The van der Waals surface area contributed by atoms with Gasteiger partial charge in [0.1, 0.15) is 11.4 Å². The molecule has 3 amide bonds. The van der Waals surface area contributed by atoms with Crippen molar-refractivity contribution in [3.63, 3.8) is 0 Å². The van der Waals surface area contributed by atoms with Gasteiger partial charge in [-0.15, -0.1) is 0 Å². The van der Waals surface area contributed by atoms with Crippen LogP contribution in [0.5, 0.6) is 0 Å². The molecule has 0 atom stereocenters. The van der Waals surface area contributed by atoms with Gasteiger partial charge in [0.2, 0.25) is 5.91 Å². The molecule has 2 aliphatic rings. The fourth-order valence-corrected chi connectivity index (χ4v) is 4.60. The molecule has 1 fully saturated rings. The largest absolute Gasteiger partial charge is 0.343 e. The molecule has 0 radical (unpaired) electrons. The third-order valence-electron chi connectivity index (χ3n) is 6.37. The topological polar surface area (TPSA) is 130 Å². The zero-order valence-corrected chi connectivity index (χ0v) is 17.7. The lowest BCUT2D eigenvalue weighted by Crippen LogP contribution is -2.40. The second-order valence-corrected chi connectivity index (χ2v) is 8.26. The fraction of sp³-hybridized carbons (Fsp3) is 0.304. The number of carbonyl (C=O) groups excluding carboxylic acids is 3. The number of carbonyl (C=O) groups is 3. The molecule has 2 aliphatic heterocycles. The first-order valence-electron chi connectivity index (χ1n) is 10.8. The van der Waals surface area contributed by atoms with E-state index in [9.17, 15) is 24.5 Å². The van der Waals surface area contributed by atoms with E-state index in [0.29, 0.717) is 13.1 Å². The van der Waals surface area contributed by atoms with Gasteiger partial charge in [0.15, 0.2) is 0 Å². The van der Waals surface area contributed by atoms with Gasteiger partial charge in [-0.2, -0.15) is 0 Å². The number of imidazole rings is 1. The maximum Gasteiger partial charge on any atom is 0.282 e. The monoisotopic (exact) mass is 447 g/mol. The van der Waals surface area contributed by atoms with E-state index < -0.39 is 22.4 Å². The zero-order chi connectivity index (χ0) is 23.1. The van der Waals surface area contributed by atoms with Crippen molar-refractivity contribution in [3.05, 3.63) is 69.5 Å². The maximum absolute atomic E-state index is 12.7. The Labute approximate surface area is 188 Å². The zero-order valence-electron chi connectivity index (χ0n) is 17.7. The number of hydrogen-bond donors (Lipinski definition) is 1. The summed E-state index contributed by atoms with van der Waals surface area (Å²) < 4.78 is 0. The van der Waals surface area contributed by atoms with Crippen LogP contribution >= 0.6 is 0 Å². The number of fused-ring (bicyclic) bond motifs is 2. The van der Waals surface area contributed by atoms with Crippen molar-refractivity contribution in [2.45, 2.75) is 25.2 Å². The van der Waals surface area contributed by atoms with E-state index in [1.165, 1.54) is 18.2 Å². The number of para-hydroxylation sites is 2. The van der Waals surface area contributed by atoms with E-state index in [-0.39, 0.29) is 35.9 Å². The van der Waals surface area contributed by atoms with Gasteiger partial charge >= 0.3 is 0 Å². The predicted octanol–water partition coefficient (Wildman–Crippen LogP) is 2.86. The Morgan fingerprint density at radius 1 is 1.09 bits per heavy atom. The number of amides is 3. The fourth-order valence-electron chi connectivity index (χ4n) is 4.60. The van der Waals surface area contributed by atoms with Gasteiger partial charge in [0.25, 0.3) is 17.5 Å². The van der Waals surface area contributed by atoms with Crippen LogP contribution < -0.4 is 0 Å². The van der Waals surface area contributed by atoms with Crippen molar-refractivity contribution in [2.75, 3.05) is 19.6 Å². The standard InChI is InChI=1S/C23H21N5O5/c29-19(10-13-27-22(30)15-4-3-7-18(28(32)33)20(15)23(27)31)26-11-8-14(9-12-26)21-24-16-5-1-2-6-17(16)25-21/h1-7,14H,8-13H2,(H,24,25). The van der Waals surface area contributed by atoms with E-state index in [1.54, 1.807) is 4.90 Å². The first-order valence-corrected chi connectivity index (χ1v) is 10.8. The molecule has 168 valence electrons. The Morgan fingerprint density at radius 2 is 1.85 bits per heavy atom. The Morgan fingerprint density at radius 3 is 2.58 bits per heavy atom. The second-order valence-electron chi connectivity index (χ2n) is 8.26. The van der Waals surface area contributed by atoms with E-state index in [4.69, 9.17) is 0 Å². The van der Waals surface area contributed by atoms with Crippen LogP contribution in [-0.2, 0) is 4.79 Å². The Hall–Kier alpha value is -4.08. The normalized spacial score (nSPS) is 16.5. The summed E-state index contributed by atoms with van der Waals surface area (Å²) in [6, 6.07) is 11.8. The van der Waals surface area contributed by atoms with Crippen LogP contribution in [0.25, 0.3) is 11.0 Å². The lowest BCUT2D eigenvalue weighted by Gasteiger charge is -2.31. The Kier molecular flexibility index (Phi) is 5.12. The van der Waals surface area contributed by atoms with Crippen molar-refractivity contribution in [3.8, 4) is 0 Å². The number of aromatic nitrogens is 2. The predicted molar refractivity (Wildman–Crippen MR) is 118 cm³/mol. The lowest BCUT2D eigenvalue weighted by atomic mass is 9.96. The summed E-state index contributed by atoms with van der Waals surface area (Å²) in [7, 11) is 0. The van der Waals surface area contributed by atoms with Gasteiger partial charge in [0, 0.05) is 38.0 Å². The first-order chi connectivity index (χ1) is 15.9. The summed E-state index contributed by atoms with van der Waals surface area (Å²) in [5.74, 6) is -0.313. The van der Waals surface area contributed by atoms with Crippen LogP contribution in [0, 0.1) is 10.1 Å². The molecular formula is C23H21N5O5. The summed E-state index contributed by atoms with van der Waals surface area (Å²) in [5, 5.41) is 11.2. The molecule has 0 spiro atoms. The van der Waals surface area contributed by atoms with E-state index in [1.807, 2.05) is 24.3 Å². The highest BCUT2D eigenvalue weighted by molar-refractivity contribution is 6.23. The highest BCUT2D eigenvalue weighted by Gasteiger charge is 2.41. The smallest absolute Gasteiger partial charge is 0.282 e. The molecule has 5 rings (SSSR count). The van der Waals surface area contributed by atoms with Crippen LogP contribution in [0.3, 0.4) is 0 Å². The number of likely N-dealkylation sites (tertiary alicyclic amines) is 1. The minimum Gasteiger partial charge on any atom is -0.343 e. The van der Waals surface area contributed by atoms with Gasteiger partial charge in [0.05, 0.1) is 21.5 Å². The lowest BCUT2D eigenvalue weighted by molar-refractivity contribution is -0.385. The number of nitrogens with one attached hydrogen (secondary N) is 1. The van der Waals surface area contributed by atoms with Crippen molar-refractivity contribution in [1.29, 1.82) is 0 Å². The van der Waals surface area contributed by atoms with Crippen LogP contribution in [0.2, 0.25) is 0 Å². The summed E-state index contributed by atoms with van der Waals surface area (Å²) in [6.45, 7) is 1.02. The van der Waals surface area contributed by atoms with Crippen LogP contribution in [-0.4, -0.2) is 62.0 Å². The third-order valence-corrected chi connectivity index (χ3v) is 6.37. The van der Waals surface area contributed by atoms with Gasteiger partial charge in [-0.25, -0.2) is 4.98 Å². The minimum absolute atomic E-state index is 0.00768. The maximum atomic E-state index is 12.7. The molecule has 10 heteroatoms. The molecule has 1 saturated heterocycles. The molecule has 10 nitrogen and oxygen atoms in total. The Bertz CT molecular complexity index is 1260. The molecule has 0 bridgehead atoms. The third kappa shape index (κ3) is 3.63. The van der Waals surface area contributed by atoms with Crippen LogP contribution in [0.4, 0.5) is 5.69 Å². The molecule has 0 saturated carbocycles. The number of hydrogen-bond acceptors (Lipinski definition) is 6. The second kappa shape index (κ2) is 8.12. The first kappa shape index (κ1) is 20.8. The molecule has 0 unspecified atom stereocenters. The van der Waals surface area contributed by atoms with Gasteiger partial charge in [-0.05, 0) is 31.0 Å². The summed E-state index contributed by atoms with van der Waals surface area (Å²) in [5.41, 5.74) is 1.33. The van der Waals surface area contributed by atoms with Crippen molar-refractivity contribution < 1.29 is 19.3 Å². The number of nitrogens with zero attached hydrogens (tertiary/aromatic N) is 4. The molecule has 3 aromatic rings. The average molecular weight is 447 g/mol. The summed E-state index contributed by atoms with van der Waals surface area (Å²) in [4.78, 5) is 59.2. The molecule has 33 heavy (non-hydrogen) atoms. The average Bonchev–Trinajstić information content (AvgIpc) is 3.37. The number of aromatic amines is 1. The number of nitro benzene ring substituents is 1. The summed E-state index contributed by atoms with van der Waals surface area (Å²) in [6.07, 6.45) is 1.52. The number of rotatable bonds is 5. The number of H-pyrrole nitrogens is 1. The van der Waals surface area contributed by atoms with E-state index >= 15 is 0 Å². The molecular weight excluding hydrogens is 426 g/mol. The molecule has 1 N–H and O–H groups in total. The SMILES string of the molecule is O=C(CCN1C(=O)c2cccc([N+](=O)[O-])c2C1=O)N1CCC(c2nc3ccccc3[nH]2)CC1. The van der Waals surface area contributed by atoms with E-state index in [0.717, 1.165) is 34.6 Å². The summed E-state index contributed by atoms with van der Waals surface area (Å²) >= 11 is 0. The van der Waals surface area contributed by atoms with Crippen LogP contribution in [0.15, 0.2) is 42.5 Å². The number of imide groups is 1. The number of nitro groups is 1. The van der Waals surface area contributed by atoms with Gasteiger partial charge in [-0.1, -0.05) is 18.2 Å². The van der Waals surface area contributed by atoms with E-state index in [2.05, 4.69) is 9.97 Å². The Balaban J connectivity index is 1.19. The quantitative estimate of drug-likeness (QED) is 0.364. The van der Waals surface area contributed by atoms with Crippen molar-refractivity contribution in [1.82, 2.24) is 19.8 Å². The highest BCUT2D eigenvalue weighted by Crippen LogP contribution is 2.31. The van der Waals surface area contributed by atoms with Gasteiger partial charge < -0.3 is 9.88 Å². The molecule has 2 aromatic carbocycles. The minimum atomic E-state index is -0.723. The highest BCUT2D eigenvalue weighted by atomic mass is 16.6. The number of benzene rings is 2. The molecule has 3 heterocycles. The van der Waals surface area contributed by atoms with Crippen molar-refractivity contribution in [2.24, 2.45) is 0 Å². The number of piperidine rings is 1. The molecule has 0 aliphatic carbocycles.